The number of aliphatic hydroxyl groups is 1. The number of anilines is 1. The van der Waals surface area contributed by atoms with Crippen LogP contribution in [0.2, 0.25) is 0 Å². The molecule has 0 unspecified atom stereocenters. The summed E-state index contributed by atoms with van der Waals surface area (Å²) in [4.78, 5) is 8.69. The van der Waals surface area contributed by atoms with Gasteiger partial charge in [0.25, 0.3) is 0 Å². The van der Waals surface area contributed by atoms with Gasteiger partial charge < -0.3 is 19.9 Å². The number of hydrogen-bond acceptors (Lipinski definition) is 6. The molecule has 7 heteroatoms. The van der Waals surface area contributed by atoms with Crippen molar-refractivity contribution in [3.05, 3.63) is 23.3 Å². The number of aliphatic hydroxyl groups excluding tert-OH is 1. The van der Waals surface area contributed by atoms with Crippen LogP contribution in [0.25, 0.3) is 22.3 Å². The molecule has 130 valence electrons. The van der Waals surface area contributed by atoms with Gasteiger partial charge in [-0.1, -0.05) is 5.16 Å². The average Bonchev–Trinajstić information content (AvgIpc) is 3.26. The molecule has 25 heavy (non-hydrogen) atoms. The number of nitrogen functional groups attached to an aromatic ring is 1. The Hall–Kier alpha value is -2.41. The SMILES string of the molecule is CC(C)n1c2c(c3c(N)ncnc31)-c1noc(C3CC3)c1[C@H](O)CC2. The minimum Gasteiger partial charge on any atom is -0.388 e. The van der Waals surface area contributed by atoms with Crippen LogP contribution >= 0.6 is 0 Å². The molecule has 3 aromatic rings. The van der Waals surface area contributed by atoms with Gasteiger partial charge in [-0.05, 0) is 39.5 Å². The van der Waals surface area contributed by atoms with Gasteiger partial charge in [-0.25, -0.2) is 9.97 Å². The van der Waals surface area contributed by atoms with E-state index >= 15 is 0 Å². The average molecular weight is 339 g/mol. The first-order chi connectivity index (χ1) is 12.1. The van der Waals surface area contributed by atoms with Crippen LogP contribution in [-0.4, -0.2) is 24.8 Å². The first-order valence-electron chi connectivity index (χ1n) is 8.89. The molecule has 7 nitrogen and oxygen atoms in total. The molecule has 2 aliphatic rings. The molecule has 3 aromatic heterocycles. The lowest BCUT2D eigenvalue weighted by Crippen LogP contribution is -2.08. The van der Waals surface area contributed by atoms with Crippen LogP contribution in [0.15, 0.2) is 10.9 Å². The number of nitrogens with zero attached hydrogens (tertiary/aromatic N) is 4. The third-order valence-electron chi connectivity index (χ3n) is 5.36. The van der Waals surface area contributed by atoms with E-state index in [9.17, 15) is 5.11 Å². The summed E-state index contributed by atoms with van der Waals surface area (Å²) in [6.45, 7) is 4.25. The first-order valence-corrected chi connectivity index (χ1v) is 8.89. The summed E-state index contributed by atoms with van der Waals surface area (Å²) >= 11 is 0. The van der Waals surface area contributed by atoms with Crippen LogP contribution in [0, 0.1) is 0 Å². The summed E-state index contributed by atoms with van der Waals surface area (Å²) < 4.78 is 7.87. The van der Waals surface area contributed by atoms with Gasteiger partial charge in [-0.2, -0.15) is 0 Å². The Balaban J connectivity index is 1.90. The number of rotatable bonds is 2. The van der Waals surface area contributed by atoms with Gasteiger partial charge in [0, 0.05) is 23.2 Å². The van der Waals surface area contributed by atoms with Gasteiger partial charge in [-0.15, -0.1) is 0 Å². The predicted octanol–water partition coefficient (Wildman–Crippen LogP) is 3.11. The summed E-state index contributed by atoms with van der Waals surface area (Å²) in [5.41, 5.74) is 10.6. The van der Waals surface area contributed by atoms with Crippen LogP contribution in [-0.2, 0) is 6.42 Å². The monoisotopic (exact) mass is 339 g/mol. The highest BCUT2D eigenvalue weighted by Crippen LogP contribution is 2.50. The van der Waals surface area contributed by atoms with Gasteiger partial charge >= 0.3 is 0 Å². The molecule has 0 radical (unpaired) electrons. The molecule has 1 fully saturated rings. The fourth-order valence-corrected chi connectivity index (χ4v) is 4.13. The molecule has 0 aliphatic heterocycles. The van der Waals surface area contributed by atoms with Crippen molar-refractivity contribution in [1.82, 2.24) is 19.7 Å². The van der Waals surface area contributed by atoms with Crippen molar-refractivity contribution in [1.29, 1.82) is 0 Å². The molecule has 0 aromatic carbocycles. The molecule has 1 atom stereocenters. The van der Waals surface area contributed by atoms with E-state index in [1.807, 2.05) is 0 Å². The quantitative estimate of drug-likeness (QED) is 0.743. The Bertz CT molecular complexity index is 983. The van der Waals surface area contributed by atoms with E-state index in [0.717, 1.165) is 52.9 Å². The highest BCUT2D eigenvalue weighted by Gasteiger charge is 2.39. The zero-order valence-electron chi connectivity index (χ0n) is 14.4. The van der Waals surface area contributed by atoms with Crippen LogP contribution in [0.5, 0.6) is 0 Å². The van der Waals surface area contributed by atoms with Crippen molar-refractivity contribution in [2.24, 2.45) is 0 Å². The smallest absolute Gasteiger partial charge is 0.146 e. The standard InChI is InChI=1S/C18H21N5O2/c1-8(2)23-10-5-6-11(24)13-15(22-25-16(13)9-3-4-9)12(10)14-17(19)20-7-21-18(14)23/h7-9,11,24H,3-6H2,1-2H3,(H2,19,20,21)/t11-/m1/s1. The van der Waals surface area contributed by atoms with Crippen molar-refractivity contribution >= 4 is 16.9 Å². The molecule has 0 bridgehead atoms. The molecule has 3 N–H and O–H groups in total. The molecule has 0 amide bonds. The topological polar surface area (TPSA) is 103 Å². The van der Waals surface area contributed by atoms with Crippen molar-refractivity contribution < 1.29 is 9.63 Å². The van der Waals surface area contributed by atoms with Crippen LogP contribution in [0.4, 0.5) is 5.82 Å². The van der Waals surface area contributed by atoms with E-state index in [2.05, 4.69) is 33.5 Å². The number of fused-ring (bicyclic) bond motifs is 5. The molecule has 0 spiro atoms. The highest BCUT2D eigenvalue weighted by atomic mass is 16.5. The fourth-order valence-electron chi connectivity index (χ4n) is 4.13. The Morgan fingerprint density at radius 3 is 2.80 bits per heavy atom. The van der Waals surface area contributed by atoms with E-state index in [0.29, 0.717) is 23.9 Å². The van der Waals surface area contributed by atoms with Gasteiger partial charge in [0.05, 0.1) is 17.1 Å². The highest BCUT2D eigenvalue weighted by molar-refractivity contribution is 6.02. The summed E-state index contributed by atoms with van der Waals surface area (Å²) in [5, 5.41) is 16.0. The molecule has 2 aliphatic carbocycles. The third-order valence-corrected chi connectivity index (χ3v) is 5.36. The molecule has 3 heterocycles. The second-order valence-electron chi connectivity index (χ2n) is 7.38. The third kappa shape index (κ3) is 1.99. The van der Waals surface area contributed by atoms with Crippen molar-refractivity contribution in [3.63, 3.8) is 0 Å². The van der Waals surface area contributed by atoms with Crippen molar-refractivity contribution in [2.75, 3.05) is 5.73 Å². The second-order valence-corrected chi connectivity index (χ2v) is 7.38. The van der Waals surface area contributed by atoms with Crippen molar-refractivity contribution in [2.45, 2.75) is 57.6 Å². The minimum absolute atomic E-state index is 0.217. The van der Waals surface area contributed by atoms with Crippen LogP contribution in [0.3, 0.4) is 0 Å². The Labute approximate surface area is 144 Å². The minimum atomic E-state index is -0.564. The van der Waals surface area contributed by atoms with E-state index in [1.54, 1.807) is 0 Å². The maximum absolute atomic E-state index is 10.8. The number of hydrogen-bond donors (Lipinski definition) is 2. The Morgan fingerprint density at radius 1 is 1.28 bits per heavy atom. The lowest BCUT2D eigenvalue weighted by molar-refractivity contribution is 0.165. The lowest BCUT2D eigenvalue weighted by atomic mass is 10.0. The normalized spacial score (nSPS) is 19.9. The van der Waals surface area contributed by atoms with Gasteiger partial charge in [0.2, 0.25) is 0 Å². The second kappa shape index (κ2) is 5.05. The predicted molar refractivity (Wildman–Crippen MR) is 93.1 cm³/mol. The molecular formula is C18H21N5O2. The van der Waals surface area contributed by atoms with Crippen molar-refractivity contribution in [3.8, 4) is 11.3 Å². The maximum Gasteiger partial charge on any atom is 0.146 e. The van der Waals surface area contributed by atoms with Gasteiger partial charge in [-0.3, -0.25) is 0 Å². The Morgan fingerprint density at radius 2 is 2.08 bits per heavy atom. The van der Waals surface area contributed by atoms with Crippen LogP contribution < -0.4 is 5.73 Å². The molecule has 0 saturated heterocycles. The van der Waals surface area contributed by atoms with E-state index < -0.39 is 6.10 Å². The van der Waals surface area contributed by atoms with E-state index in [1.165, 1.54) is 6.33 Å². The number of aromatic nitrogens is 4. The zero-order valence-corrected chi connectivity index (χ0v) is 14.4. The van der Waals surface area contributed by atoms with E-state index in [-0.39, 0.29) is 6.04 Å². The molecule has 1 saturated carbocycles. The summed E-state index contributed by atoms with van der Waals surface area (Å²) in [5.74, 6) is 1.68. The summed E-state index contributed by atoms with van der Waals surface area (Å²) in [6, 6.07) is 0.217. The largest absolute Gasteiger partial charge is 0.388 e. The summed E-state index contributed by atoms with van der Waals surface area (Å²) in [7, 11) is 0. The van der Waals surface area contributed by atoms with Gasteiger partial charge in [0.1, 0.15) is 29.2 Å². The Kier molecular flexibility index (Phi) is 3.01. The van der Waals surface area contributed by atoms with E-state index in [4.69, 9.17) is 10.3 Å². The van der Waals surface area contributed by atoms with Crippen LogP contribution in [0.1, 0.15) is 68.2 Å². The molecule has 5 rings (SSSR count). The lowest BCUT2D eigenvalue weighted by Gasteiger charge is -2.14. The summed E-state index contributed by atoms with van der Waals surface area (Å²) in [6.07, 6.45) is 4.51. The fraction of sp³-hybridized carbons (Fsp3) is 0.500. The zero-order chi connectivity index (χ0) is 17.3. The number of nitrogens with two attached hydrogens (primary N) is 1. The maximum atomic E-state index is 10.8. The molecular weight excluding hydrogens is 318 g/mol. The van der Waals surface area contributed by atoms with Gasteiger partial charge in [0.15, 0.2) is 0 Å². The first kappa shape index (κ1) is 14.9.